The van der Waals surface area contributed by atoms with Gasteiger partial charge in [0, 0.05) is 18.3 Å². The number of aliphatic hydroxyl groups is 1. The van der Waals surface area contributed by atoms with Gasteiger partial charge in [0.2, 0.25) is 0 Å². The Hall–Kier alpha value is -1.25. The summed E-state index contributed by atoms with van der Waals surface area (Å²) in [6, 6.07) is 11.1. The first-order valence-electron chi connectivity index (χ1n) is 4.73. The summed E-state index contributed by atoms with van der Waals surface area (Å²) in [6.45, 7) is 0. The van der Waals surface area contributed by atoms with Crippen LogP contribution >= 0.6 is 11.6 Å². The standard InChI is InChI=1S/C12H12ClNO/c1-14-7-3-6-11(14)12(15)9-4-2-5-10(13)8-9/h2-8,12,15H,1H3. The molecule has 0 aliphatic rings. The highest BCUT2D eigenvalue weighted by Crippen LogP contribution is 2.23. The second-order valence-electron chi connectivity index (χ2n) is 3.50. The molecule has 1 heterocycles. The maximum Gasteiger partial charge on any atom is 0.119 e. The van der Waals surface area contributed by atoms with Gasteiger partial charge in [0.15, 0.2) is 0 Å². The van der Waals surface area contributed by atoms with Crippen LogP contribution < -0.4 is 0 Å². The fraction of sp³-hybridized carbons (Fsp3) is 0.167. The molecule has 0 spiro atoms. The van der Waals surface area contributed by atoms with Crippen molar-refractivity contribution in [1.29, 1.82) is 0 Å². The largest absolute Gasteiger partial charge is 0.382 e. The average Bonchev–Trinajstić information content (AvgIpc) is 2.63. The van der Waals surface area contributed by atoms with Crippen molar-refractivity contribution in [1.82, 2.24) is 4.57 Å². The lowest BCUT2D eigenvalue weighted by atomic mass is 10.1. The van der Waals surface area contributed by atoms with E-state index in [0.717, 1.165) is 11.3 Å². The summed E-state index contributed by atoms with van der Waals surface area (Å²) >= 11 is 5.87. The van der Waals surface area contributed by atoms with Crippen molar-refractivity contribution in [3.05, 3.63) is 58.9 Å². The van der Waals surface area contributed by atoms with Crippen molar-refractivity contribution in [3.8, 4) is 0 Å². The number of aryl methyl sites for hydroxylation is 1. The van der Waals surface area contributed by atoms with Crippen LogP contribution in [0.2, 0.25) is 5.02 Å². The molecule has 1 atom stereocenters. The van der Waals surface area contributed by atoms with Gasteiger partial charge in [0.25, 0.3) is 0 Å². The van der Waals surface area contributed by atoms with E-state index in [-0.39, 0.29) is 0 Å². The fourth-order valence-corrected chi connectivity index (χ4v) is 1.80. The first kappa shape index (κ1) is 10.3. The van der Waals surface area contributed by atoms with E-state index in [4.69, 9.17) is 11.6 Å². The van der Waals surface area contributed by atoms with Gasteiger partial charge in [-0.05, 0) is 29.8 Å². The minimum Gasteiger partial charge on any atom is -0.382 e. The van der Waals surface area contributed by atoms with Crippen LogP contribution in [0.15, 0.2) is 42.6 Å². The van der Waals surface area contributed by atoms with Crippen LogP contribution in [-0.4, -0.2) is 9.67 Å². The van der Waals surface area contributed by atoms with Gasteiger partial charge in [-0.15, -0.1) is 0 Å². The molecule has 1 aromatic heterocycles. The highest BCUT2D eigenvalue weighted by molar-refractivity contribution is 6.30. The highest BCUT2D eigenvalue weighted by Gasteiger charge is 2.12. The van der Waals surface area contributed by atoms with Crippen molar-refractivity contribution in [3.63, 3.8) is 0 Å². The van der Waals surface area contributed by atoms with Crippen LogP contribution in [-0.2, 0) is 7.05 Å². The lowest BCUT2D eigenvalue weighted by Gasteiger charge is -2.12. The summed E-state index contributed by atoms with van der Waals surface area (Å²) in [5, 5.41) is 10.7. The molecular formula is C12H12ClNO. The monoisotopic (exact) mass is 221 g/mol. The summed E-state index contributed by atoms with van der Waals surface area (Å²) in [7, 11) is 1.91. The molecule has 0 aliphatic heterocycles. The van der Waals surface area contributed by atoms with Crippen molar-refractivity contribution >= 4 is 11.6 Å². The average molecular weight is 222 g/mol. The predicted octanol–water partition coefficient (Wildman–Crippen LogP) is 2.76. The summed E-state index contributed by atoms with van der Waals surface area (Å²) in [5.41, 5.74) is 1.67. The molecule has 0 fully saturated rings. The molecule has 0 aliphatic carbocycles. The predicted molar refractivity (Wildman–Crippen MR) is 60.9 cm³/mol. The van der Waals surface area contributed by atoms with Gasteiger partial charge >= 0.3 is 0 Å². The van der Waals surface area contributed by atoms with E-state index in [1.54, 1.807) is 12.1 Å². The first-order chi connectivity index (χ1) is 7.18. The number of aliphatic hydroxyl groups excluding tert-OH is 1. The SMILES string of the molecule is Cn1cccc1C(O)c1cccc(Cl)c1. The van der Waals surface area contributed by atoms with E-state index in [9.17, 15) is 5.11 Å². The van der Waals surface area contributed by atoms with E-state index < -0.39 is 6.10 Å². The Balaban J connectivity index is 2.36. The Labute approximate surface area is 93.7 Å². The summed E-state index contributed by atoms with van der Waals surface area (Å²) in [4.78, 5) is 0. The second-order valence-corrected chi connectivity index (χ2v) is 3.94. The highest BCUT2D eigenvalue weighted by atomic mass is 35.5. The zero-order valence-electron chi connectivity index (χ0n) is 8.39. The minimum atomic E-state index is -0.622. The molecule has 1 aromatic carbocycles. The van der Waals surface area contributed by atoms with Crippen LogP contribution in [0.5, 0.6) is 0 Å². The van der Waals surface area contributed by atoms with Crippen LogP contribution in [0, 0.1) is 0 Å². The van der Waals surface area contributed by atoms with Gasteiger partial charge in [-0.2, -0.15) is 0 Å². The Morgan fingerprint density at radius 2 is 2.07 bits per heavy atom. The molecule has 1 unspecified atom stereocenters. The van der Waals surface area contributed by atoms with Crippen LogP contribution in [0.25, 0.3) is 0 Å². The van der Waals surface area contributed by atoms with Crippen molar-refractivity contribution in [2.45, 2.75) is 6.10 Å². The zero-order valence-corrected chi connectivity index (χ0v) is 9.15. The zero-order chi connectivity index (χ0) is 10.8. The maximum absolute atomic E-state index is 10.1. The third-order valence-corrected chi connectivity index (χ3v) is 2.66. The molecule has 2 aromatic rings. The summed E-state index contributed by atoms with van der Waals surface area (Å²) in [6.07, 6.45) is 1.28. The topological polar surface area (TPSA) is 25.2 Å². The van der Waals surface area contributed by atoms with Crippen LogP contribution in [0.3, 0.4) is 0 Å². The lowest BCUT2D eigenvalue weighted by Crippen LogP contribution is -2.04. The van der Waals surface area contributed by atoms with Gasteiger partial charge in [-0.3, -0.25) is 0 Å². The Kier molecular flexibility index (Phi) is 2.80. The molecule has 0 saturated carbocycles. The Morgan fingerprint density at radius 3 is 2.67 bits per heavy atom. The molecule has 15 heavy (non-hydrogen) atoms. The number of aromatic nitrogens is 1. The molecule has 3 heteroatoms. The summed E-state index contributed by atoms with van der Waals surface area (Å²) in [5.74, 6) is 0. The lowest BCUT2D eigenvalue weighted by molar-refractivity contribution is 0.211. The van der Waals surface area contributed by atoms with E-state index in [1.807, 2.05) is 42.1 Å². The van der Waals surface area contributed by atoms with Gasteiger partial charge < -0.3 is 9.67 Å². The number of nitrogens with zero attached hydrogens (tertiary/aromatic N) is 1. The summed E-state index contributed by atoms with van der Waals surface area (Å²) < 4.78 is 1.89. The fourth-order valence-electron chi connectivity index (χ4n) is 1.61. The Bertz CT molecular complexity index is 464. The first-order valence-corrected chi connectivity index (χ1v) is 5.11. The molecule has 0 radical (unpaired) electrons. The molecule has 2 nitrogen and oxygen atoms in total. The number of benzene rings is 1. The third-order valence-electron chi connectivity index (χ3n) is 2.43. The van der Waals surface area contributed by atoms with Crippen molar-refractivity contribution < 1.29 is 5.11 Å². The van der Waals surface area contributed by atoms with Gasteiger partial charge in [0.1, 0.15) is 6.10 Å². The number of rotatable bonds is 2. The van der Waals surface area contributed by atoms with Gasteiger partial charge in [-0.1, -0.05) is 23.7 Å². The van der Waals surface area contributed by atoms with Crippen molar-refractivity contribution in [2.75, 3.05) is 0 Å². The number of hydrogen-bond donors (Lipinski definition) is 1. The number of halogens is 1. The molecule has 2 rings (SSSR count). The molecular weight excluding hydrogens is 210 g/mol. The molecule has 0 saturated heterocycles. The number of hydrogen-bond acceptors (Lipinski definition) is 1. The Morgan fingerprint density at radius 1 is 1.27 bits per heavy atom. The van der Waals surface area contributed by atoms with E-state index in [0.29, 0.717) is 5.02 Å². The molecule has 0 bridgehead atoms. The normalized spacial score (nSPS) is 12.7. The third kappa shape index (κ3) is 2.06. The van der Waals surface area contributed by atoms with Gasteiger partial charge in [0.05, 0.1) is 5.69 Å². The van der Waals surface area contributed by atoms with Crippen LogP contribution in [0.4, 0.5) is 0 Å². The van der Waals surface area contributed by atoms with E-state index in [2.05, 4.69) is 0 Å². The quantitative estimate of drug-likeness (QED) is 0.829. The van der Waals surface area contributed by atoms with E-state index in [1.165, 1.54) is 0 Å². The smallest absolute Gasteiger partial charge is 0.119 e. The van der Waals surface area contributed by atoms with Crippen LogP contribution in [0.1, 0.15) is 17.4 Å². The maximum atomic E-state index is 10.1. The van der Waals surface area contributed by atoms with Gasteiger partial charge in [-0.25, -0.2) is 0 Å². The second kappa shape index (κ2) is 4.09. The molecule has 1 N–H and O–H groups in total. The van der Waals surface area contributed by atoms with E-state index >= 15 is 0 Å². The molecule has 78 valence electrons. The molecule has 0 amide bonds. The minimum absolute atomic E-state index is 0.622. The van der Waals surface area contributed by atoms with Crippen molar-refractivity contribution in [2.24, 2.45) is 7.05 Å².